The van der Waals surface area contributed by atoms with Gasteiger partial charge in [0.1, 0.15) is 16.7 Å². The molecule has 6 N–H and O–H groups in total. The summed E-state index contributed by atoms with van der Waals surface area (Å²) >= 11 is 5.81. The number of nitrogens with one attached hydrogen (secondary N) is 1. The van der Waals surface area contributed by atoms with Crippen LogP contribution in [0.15, 0.2) is 42.7 Å². The van der Waals surface area contributed by atoms with Crippen LogP contribution in [0.4, 0.5) is 5.69 Å². The van der Waals surface area contributed by atoms with Crippen LogP contribution >= 0.6 is 11.6 Å². The molecule has 19 heavy (non-hydrogen) atoms. The lowest BCUT2D eigenvalue weighted by Gasteiger charge is -2.07. The first-order valence-corrected chi connectivity index (χ1v) is 5.87. The molecule has 1 heterocycles. The number of rotatable bonds is 2. The van der Waals surface area contributed by atoms with Gasteiger partial charge in [-0.3, -0.25) is 4.98 Å². The number of benzene rings is 1. The van der Waals surface area contributed by atoms with E-state index in [1.54, 1.807) is 42.7 Å². The number of halogens is 1. The normalized spacial score (nSPS) is 13.7. The van der Waals surface area contributed by atoms with E-state index >= 15 is 0 Å². The first-order valence-electron chi connectivity index (χ1n) is 5.49. The van der Waals surface area contributed by atoms with Crippen LogP contribution in [-0.2, 0) is 0 Å². The molecule has 1 aromatic heterocycles. The second-order valence-electron chi connectivity index (χ2n) is 3.86. The van der Waals surface area contributed by atoms with Gasteiger partial charge in [-0.15, -0.1) is 0 Å². The van der Waals surface area contributed by atoms with Crippen molar-refractivity contribution in [3.63, 3.8) is 0 Å². The second-order valence-corrected chi connectivity index (χ2v) is 4.27. The molecule has 0 radical (unpaired) electrons. The maximum absolute atomic E-state index is 9.39. The van der Waals surface area contributed by atoms with Crippen molar-refractivity contribution in [2.75, 3.05) is 5.32 Å². The van der Waals surface area contributed by atoms with Gasteiger partial charge >= 0.3 is 0 Å². The monoisotopic (exact) mass is 276 g/mol. The Bertz CT molecular complexity index is 711. The van der Waals surface area contributed by atoms with E-state index in [9.17, 15) is 5.11 Å². The molecular weight excluding hydrogens is 264 g/mol. The number of phenols is 1. The van der Waals surface area contributed by atoms with Crippen LogP contribution in [0, 0.1) is 0 Å². The number of aromatic hydroxyl groups is 1. The molecule has 0 fully saturated rings. The lowest BCUT2D eigenvalue weighted by atomic mass is 10.2. The molecule has 0 atom stereocenters. The van der Waals surface area contributed by atoms with Crippen LogP contribution in [0.2, 0.25) is 0 Å². The molecule has 6 heteroatoms. The summed E-state index contributed by atoms with van der Waals surface area (Å²) in [6.07, 6.45) is 3.14. The van der Waals surface area contributed by atoms with Crippen LogP contribution in [0.25, 0.3) is 11.0 Å². The van der Waals surface area contributed by atoms with Crippen LogP contribution < -0.4 is 27.2 Å². The van der Waals surface area contributed by atoms with Crippen LogP contribution in [-0.4, -0.2) is 10.1 Å². The fourth-order valence-corrected chi connectivity index (χ4v) is 1.79. The molecule has 5 nitrogen and oxygen atoms in total. The number of nitrogens with zero attached hydrogens (tertiary/aromatic N) is 1. The van der Waals surface area contributed by atoms with Gasteiger partial charge in [-0.2, -0.15) is 0 Å². The van der Waals surface area contributed by atoms with Crippen molar-refractivity contribution in [2.45, 2.75) is 0 Å². The SMILES string of the molecule is N/C(Nc1cccc(O)c1)=c1/cncc/c1=C(/N)Cl. The topological polar surface area (TPSA) is 97.2 Å². The molecule has 1 aromatic carbocycles. The third kappa shape index (κ3) is 3.08. The Morgan fingerprint density at radius 3 is 2.68 bits per heavy atom. The number of pyridine rings is 1. The average Bonchev–Trinajstić information content (AvgIpc) is 2.38. The van der Waals surface area contributed by atoms with E-state index < -0.39 is 0 Å². The van der Waals surface area contributed by atoms with E-state index in [2.05, 4.69) is 10.3 Å². The Labute approximate surface area is 114 Å². The molecule has 98 valence electrons. The fourth-order valence-electron chi connectivity index (χ4n) is 1.62. The van der Waals surface area contributed by atoms with Crippen molar-refractivity contribution in [3.8, 4) is 5.75 Å². The number of hydrogen-bond donors (Lipinski definition) is 4. The highest BCUT2D eigenvalue weighted by atomic mass is 35.5. The van der Waals surface area contributed by atoms with Crippen molar-refractivity contribution in [2.24, 2.45) is 11.5 Å². The zero-order chi connectivity index (χ0) is 13.8. The summed E-state index contributed by atoms with van der Waals surface area (Å²) < 4.78 is 0. The highest BCUT2D eigenvalue weighted by molar-refractivity contribution is 6.44. The summed E-state index contributed by atoms with van der Waals surface area (Å²) in [4.78, 5) is 3.99. The minimum Gasteiger partial charge on any atom is -0.508 e. The Balaban J connectivity index is 2.52. The van der Waals surface area contributed by atoms with E-state index in [0.29, 0.717) is 21.9 Å². The predicted octanol–water partition coefficient (Wildman–Crippen LogP) is 0.187. The van der Waals surface area contributed by atoms with Gasteiger partial charge in [0.05, 0.1) is 0 Å². The van der Waals surface area contributed by atoms with Gasteiger partial charge in [0.25, 0.3) is 0 Å². The molecule has 0 saturated heterocycles. The standard InChI is InChI=1S/C13H13ClN4O/c14-12(15)10-4-5-17-7-11(10)13(16)18-8-2-1-3-9(19)6-8/h1-7,18-19H,15-16H2/b12-10-,13-11+. The molecular formula is C13H13ClN4O. The molecule has 0 spiro atoms. The van der Waals surface area contributed by atoms with Crippen LogP contribution in [0.1, 0.15) is 0 Å². The number of phenolic OH excluding ortho intramolecular Hbond substituents is 1. The second kappa shape index (κ2) is 5.49. The molecule has 2 aromatic rings. The molecule has 0 aliphatic carbocycles. The van der Waals surface area contributed by atoms with Crippen molar-refractivity contribution in [3.05, 3.63) is 53.2 Å². The average molecular weight is 277 g/mol. The van der Waals surface area contributed by atoms with Crippen molar-refractivity contribution in [1.82, 2.24) is 4.98 Å². The summed E-state index contributed by atoms with van der Waals surface area (Å²) in [7, 11) is 0. The van der Waals surface area contributed by atoms with Gasteiger partial charge < -0.3 is 21.9 Å². The number of anilines is 1. The fraction of sp³-hybridized carbons (Fsp3) is 0. The third-order valence-corrected chi connectivity index (χ3v) is 2.70. The van der Waals surface area contributed by atoms with Gasteiger partial charge in [-0.1, -0.05) is 17.7 Å². The molecule has 0 bridgehead atoms. The van der Waals surface area contributed by atoms with Crippen molar-refractivity contribution in [1.29, 1.82) is 0 Å². The van der Waals surface area contributed by atoms with Gasteiger partial charge in [-0.25, -0.2) is 0 Å². The van der Waals surface area contributed by atoms with Crippen LogP contribution in [0.5, 0.6) is 5.75 Å². The van der Waals surface area contributed by atoms with Crippen molar-refractivity contribution >= 4 is 28.3 Å². The summed E-state index contributed by atoms with van der Waals surface area (Å²) in [5.41, 5.74) is 12.2. The Kier molecular flexibility index (Phi) is 3.77. The molecule has 0 unspecified atom stereocenters. The molecule has 2 rings (SSSR count). The quantitative estimate of drug-likeness (QED) is 0.587. The summed E-state index contributed by atoms with van der Waals surface area (Å²) in [5, 5.41) is 13.7. The zero-order valence-electron chi connectivity index (χ0n) is 9.97. The number of hydrogen-bond acceptors (Lipinski definition) is 5. The van der Waals surface area contributed by atoms with Gasteiger partial charge in [-0.05, 0) is 18.2 Å². The molecule has 0 saturated carbocycles. The van der Waals surface area contributed by atoms with E-state index in [0.717, 1.165) is 0 Å². The summed E-state index contributed by atoms with van der Waals surface area (Å²) in [6.45, 7) is 0. The van der Waals surface area contributed by atoms with Crippen LogP contribution in [0.3, 0.4) is 0 Å². The third-order valence-electron chi connectivity index (χ3n) is 2.49. The van der Waals surface area contributed by atoms with Gasteiger partial charge in [0, 0.05) is 34.6 Å². The Hall–Kier alpha value is -2.40. The van der Waals surface area contributed by atoms with E-state index in [-0.39, 0.29) is 10.9 Å². The minimum absolute atomic E-state index is 0.137. The molecule has 0 aliphatic rings. The maximum atomic E-state index is 9.39. The van der Waals surface area contributed by atoms with Gasteiger partial charge in [0.15, 0.2) is 0 Å². The highest BCUT2D eigenvalue weighted by Gasteiger charge is 1.99. The first kappa shape index (κ1) is 13.0. The molecule has 0 aliphatic heterocycles. The smallest absolute Gasteiger partial charge is 0.117 e. The van der Waals surface area contributed by atoms with E-state index in [4.69, 9.17) is 23.1 Å². The number of nitrogens with two attached hydrogens (primary N) is 2. The van der Waals surface area contributed by atoms with Gasteiger partial charge in [0.2, 0.25) is 0 Å². The summed E-state index contributed by atoms with van der Waals surface area (Å²) in [6, 6.07) is 8.28. The largest absolute Gasteiger partial charge is 0.508 e. The maximum Gasteiger partial charge on any atom is 0.117 e. The summed E-state index contributed by atoms with van der Waals surface area (Å²) in [5.74, 6) is 0.491. The zero-order valence-corrected chi connectivity index (χ0v) is 10.7. The Morgan fingerprint density at radius 2 is 2.00 bits per heavy atom. The molecule has 0 amide bonds. The van der Waals surface area contributed by atoms with E-state index in [1.807, 2.05) is 0 Å². The number of aromatic nitrogens is 1. The first-order chi connectivity index (χ1) is 9.08. The lowest BCUT2D eigenvalue weighted by Crippen LogP contribution is -2.35. The van der Waals surface area contributed by atoms with E-state index in [1.165, 1.54) is 0 Å². The highest BCUT2D eigenvalue weighted by Crippen LogP contribution is 2.15. The van der Waals surface area contributed by atoms with Crippen molar-refractivity contribution < 1.29 is 5.11 Å². The minimum atomic E-state index is 0.137. The lowest BCUT2D eigenvalue weighted by molar-refractivity contribution is 0.475. The Morgan fingerprint density at radius 1 is 1.21 bits per heavy atom. The predicted molar refractivity (Wildman–Crippen MR) is 76.3 cm³/mol.